The highest BCUT2D eigenvalue weighted by molar-refractivity contribution is 5.90. The largest absolute Gasteiger partial charge is 0.497 e. The summed E-state index contributed by atoms with van der Waals surface area (Å²) in [7, 11) is 1.66. The van der Waals surface area contributed by atoms with Crippen LogP contribution in [0.5, 0.6) is 11.5 Å². The van der Waals surface area contributed by atoms with E-state index in [1.165, 1.54) is 0 Å². The summed E-state index contributed by atoms with van der Waals surface area (Å²) in [6.07, 6.45) is 1.60. The van der Waals surface area contributed by atoms with E-state index in [4.69, 9.17) is 9.47 Å². The molecule has 0 spiro atoms. The summed E-state index contributed by atoms with van der Waals surface area (Å²) in [6.45, 7) is 2.14. The van der Waals surface area contributed by atoms with Crippen LogP contribution in [0.2, 0.25) is 0 Å². The summed E-state index contributed by atoms with van der Waals surface area (Å²) in [5.74, 6) is 2.63. The van der Waals surface area contributed by atoms with Gasteiger partial charge in [-0.25, -0.2) is 9.97 Å². The smallest absolute Gasteiger partial charge is 0.140 e. The molecule has 115 valence electrons. The minimum Gasteiger partial charge on any atom is -0.497 e. The third-order valence-electron chi connectivity index (χ3n) is 4.01. The second-order valence-electron chi connectivity index (χ2n) is 5.38. The first-order chi connectivity index (χ1) is 11.3. The van der Waals surface area contributed by atoms with Crippen molar-refractivity contribution in [3.8, 4) is 11.5 Å². The number of anilines is 1. The van der Waals surface area contributed by atoms with Crippen molar-refractivity contribution in [3.05, 3.63) is 54.4 Å². The number of ether oxygens (including phenoxy) is 2. The second kappa shape index (κ2) is 5.76. The molecule has 0 N–H and O–H groups in total. The zero-order chi connectivity index (χ0) is 15.6. The molecular weight excluding hydrogens is 290 g/mol. The monoisotopic (exact) mass is 306 g/mol. The Hall–Kier alpha value is -2.82. The molecule has 0 amide bonds. The van der Waals surface area contributed by atoms with E-state index in [9.17, 15) is 0 Å². The van der Waals surface area contributed by atoms with Gasteiger partial charge in [0.05, 0.1) is 19.2 Å². The normalized spacial score (nSPS) is 14.0. The van der Waals surface area contributed by atoms with Gasteiger partial charge in [-0.05, 0) is 30.3 Å². The van der Waals surface area contributed by atoms with Crippen LogP contribution in [-0.4, -0.2) is 30.2 Å². The molecule has 0 atom stereocenters. The van der Waals surface area contributed by atoms with Crippen molar-refractivity contribution in [3.63, 3.8) is 0 Å². The Labute approximate surface area is 134 Å². The molecule has 1 aliphatic heterocycles. The highest BCUT2D eigenvalue weighted by atomic mass is 16.5. The van der Waals surface area contributed by atoms with E-state index in [0.717, 1.165) is 46.9 Å². The Morgan fingerprint density at radius 2 is 2.22 bits per heavy atom. The van der Waals surface area contributed by atoms with Crippen LogP contribution in [0.15, 0.2) is 42.7 Å². The van der Waals surface area contributed by atoms with E-state index in [-0.39, 0.29) is 0 Å². The maximum atomic E-state index is 5.82. The van der Waals surface area contributed by atoms with Crippen molar-refractivity contribution >= 4 is 16.7 Å². The van der Waals surface area contributed by atoms with Gasteiger partial charge < -0.3 is 14.4 Å². The van der Waals surface area contributed by atoms with Gasteiger partial charge in [-0.3, -0.25) is 0 Å². The summed E-state index contributed by atoms with van der Waals surface area (Å²) in [5, 5.41) is 1.01. The van der Waals surface area contributed by atoms with Gasteiger partial charge in [0.15, 0.2) is 0 Å². The number of hydrogen-bond donors (Lipinski definition) is 0. The molecule has 1 aromatic heterocycles. The lowest BCUT2D eigenvalue weighted by Gasteiger charge is -2.22. The Morgan fingerprint density at radius 1 is 1.26 bits per heavy atom. The molecule has 23 heavy (non-hydrogen) atoms. The molecule has 0 unspecified atom stereocenters. The number of aromatic nitrogens is 2. The highest BCUT2D eigenvalue weighted by Gasteiger charge is 2.18. The van der Waals surface area contributed by atoms with Crippen LogP contribution in [0.25, 0.3) is 10.9 Å². The molecule has 5 heteroatoms. The molecular formula is C18H16N3O2. The molecule has 0 bridgehead atoms. The molecule has 2 aromatic carbocycles. The van der Waals surface area contributed by atoms with Gasteiger partial charge in [-0.1, -0.05) is 6.07 Å². The fourth-order valence-electron chi connectivity index (χ4n) is 2.85. The van der Waals surface area contributed by atoms with Crippen molar-refractivity contribution in [1.29, 1.82) is 0 Å². The SMILES string of the molecule is COc1ccc2c(N3CCOc4cc[c]cc4C3)ncnc2c1. The second-order valence-corrected chi connectivity index (χ2v) is 5.38. The lowest BCUT2D eigenvalue weighted by Crippen LogP contribution is -2.26. The Bertz CT molecular complexity index is 851. The molecule has 1 aliphatic rings. The van der Waals surface area contributed by atoms with Crippen LogP contribution >= 0.6 is 0 Å². The van der Waals surface area contributed by atoms with Crippen molar-refractivity contribution in [1.82, 2.24) is 9.97 Å². The zero-order valence-corrected chi connectivity index (χ0v) is 12.8. The number of methoxy groups -OCH3 is 1. The summed E-state index contributed by atoms with van der Waals surface area (Å²) >= 11 is 0. The van der Waals surface area contributed by atoms with Crippen LogP contribution in [0.4, 0.5) is 5.82 Å². The number of benzene rings is 2. The van der Waals surface area contributed by atoms with E-state index >= 15 is 0 Å². The van der Waals surface area contributed by atoms with Gasteiger partial charge in [-0.2, -0.15) is 0 Å². The number of fused-ring (bicyclic) bond motifs is 2. The van der Waals surface area contributed by atoms with Gasteiger partial charge in [0.25, 0.3) is 0 Å². The molecule has 3 aromatic rings. The predicted molar refractivity (Wildman–Crippen MR) is 87.9 cm³/mol. The first-order valence-corrected chi connectivity index (χ1v) is 7.50. The molecule has 2 heterocycles. The fraction of sp³-hybridized carbons (Fsp3) is 0.222. The number of rotatable bonds is 2. The molecule has 4 rings (SSSR count). The molecule has 1 radical (unpaired) electrons. The van der Waals surface area contributed by atoms with Gasteiger partial charge in [-0.15, -0.1) is 0 Å². The standard InChI is InChI=1S/C18H16N3O2/c1-22-14-6-7-15-16(10-14)19-12-20-18(15)21-8-9-23-17-5-3-2-4-13(17)11-21/h3-7,10,12H,8-9,11H2,1H3. The topological polar surface area (TPSA) is 47.5 Å². The maximum Gasteiger partial charge on any atom is 0.140 e. The quantitative estimate of drug-likeness (QED) is 0.728. The van der Waals surface area contributed by atoms with Gasteiger partial charge in [0.2, 0.25) is 0 Å². The van der Waals surface area contributed by atoms with E-state index in [1.54, 1.807) is 13.4 Å². The van der Waals surface area contributed by atoms with Crippen molar-refractivity contribution in [2.45, 2.75) is 6.54 Å². The molecule has 0 saturated heterocycles. The molecule has 0 fully saturated rings. The summed E-state index contributed by atoms with van der Waals surface area (Å²) in [6, 6.07) is 14.8. The predicted octanol–water partition coefficient (Wildman–Crippen LogP) is 2.84. The molecule has 0 saturated carbocycles. The van der Waals surface area contributed by atoms with Crippen LogP contribution in [0, 0.1) is 6.07 Å². The Morgan fingerprint density at radius 3 is 3.13 bits per heavy atom. The van der Waals surface area contributed by atoms with Gasteiger partial charge >= 0.3 is 0 Å². The molecule has 5 nitrogen and oxygen atoms in total. The Balaban J connectivity index is 1.77. The van der Waals surface area contributed by atoms with E-state index in [1.807, 2.05) is 36.4 Å². The average molecular weight is 306 g/mol. The number of nitrogens with zero attached hydrogens (tertiary/aromatic N) is 3. The first-order valence-electron chi connectivity index (χ1n) is 7.50. The van der Waals surface area contributed by atoms with Gasteiger partial charge in [0.1, 0.15) is 30.3 Å². The van der Waals surface area contributed by atoms with Crippen LogP contribution < -0.4 is 14.4 Å². The number of hydrogen-bond acceptors (Lipinski definition) is 5. The van der Waals surface area contributed by atoms with Crippen LogP contribution in [-0.2, 0) is 6.54 Å². The summed E-state index contributed by atoms with van der Waals surface area (Å²) in [4.78, 5) is 11.1. The highest BCUT2D eigenvalue weighted by Crippen LogP contribution is 2.30. The fourth-order valence-corrected chi connectivity index (χ4v) is 2.85. The van der Waals surface area contributed by atoms with Crippen molar-refractivity contribution in [2.75, 3.05) is 25.2 Å². The van der Waals surface area contributed by atoms with Crippen molar-refractivity contribution in [2.24, 2.45) is 0 Å². The average Bonchev–Trinajstić information content (AvgIpc) is 2.83. The van der Waals surface area contributed by atoms with Gasteiger partial charge in [0, 0.05) is 23.6 Å². The Kier molecular flexibility index (Phi) is 3.46. The summed E-state index contributed by atoms with van der Waals surface area (Å²) < 4.78 is 11.1. The summed E-state index contributed by atoms with van der Waals surface area (Å²) in [5.41, 5.74) is 1.99. The minimum atomic E-state index is 0.624. The third-order valence-corrected chi connectivity index (χ3v) is 4.01. The third kappa shape index (κ3) is 2.54. The van der Waals surface area contributed by atoms with E-state index in [0.29, 0.717) is 6.61 Å². The van der Waals surface area contributed by atoms with Crippen LogP contribution in [0.3, 0.4) is 0 Å². The lowest BCUT2D eigenvalue weighted by molar-refractivity contribution is 0.331. The first kappa shape index (κ1) is 13.8. The van der Waals surface area contributed by atoms with E-state index in [2.05, 4.69) is 20.9 Å². The van der Waals surface area contributed by atoms with E-state index < -0.39 is 0 Å². The maximum absolute atomic E-state index is 5.82. The van der Waals surface area contributed by atoms with Crippen molar-refractivity contribution < 1.29 is 9.47 Å². The van der Waals surface area contributed by atoms with Crippen LogP contribution in [0.1, 0.15) is 5.56 Å². The zero-order valence-electron chi connectivity index (χ0n) is 12.8. The minimum absolute atomic E-state index is 0.624. The molecule has 0 aliphatic carbocycles. The lowest BCUT2D eigenvalue weighted by atomic mass is 10.1.